The highest BCUT2D eigenvalue weighted by molar-refractivity contribution is 6.09. The van der Waals surface area contributed by atoms with E-state index in [1.807, 2.05) is 0 Å². The van der Waals surface area contributed by atoms with E-state index in [0.717, 1.165) is 9.80 Å². The molecule has 0 radical (unpaired) electrons. The highest BCUT2D eigenvalue weighted by Crippen LogP contribution is 2.47. The van der Waals surface area contributed by atoms with E-state index >= 15 is 14.4 Å². The zero-order valence-corrected chi connectivity index (χ0v) is 64.2. The Morgan fingerprint density at radius 1 is 0.466 bits per heavy atom. The molecular weight excluding hydrogens is 1560 g/mol. The molecule has 13 N–H and O–H groups in total. The van der Waals surface area contributed by atoms with Crippen molar-refractivity contribution >= 4 is 70.3 Å². The third-order valence-electron chi connectivity index (χ3n) is 20.2. The number of carboxylic acids is 2. The summed E-state index contributed by atoms with van der Waals surface area (Å²) in [5, 5.41) is 113. The number of aliphatic hydroxyl groups is 8. The molecule has 6 heterocycles. The van der Waals surface area contributed by atoms with Crippen molar-refractivity contribution in [2.24, 2.45) is 0 Å². The van der Waals surface area contributed by atoms with Crippen LogP contribution in [0.1, 0.15) is 82.9 Å². The molecule has 630 valence electrons. The number of carboxylic acid groups (broad SMARTS) is 2. The van der Waals surface area contributed by atoms with Gasteiger partial charge in [0, 0.05) is 58.2 Å². The second-order valence-electron chi connectivity index (χ2n) is 27.4. The summed E-state index contributed by atoms with van der Waals surface area (Å²) >= 11 is 0. The number of hydrogen-bond donors (Lipinski definition) is 13. The average molecular weight is 1650 g/mol. The zero-order valence-electron chi connectivity index (χ0n) is 64.2. The first-order valence-corrected chi connectivity index (χ1v) is 36.8. The molecule has 0 spiro atoms. The average Bonchev–Trinajstić information content (AvgIpc) is 1.58. The van der Waals surface area contributed by atoms with E-state index < -0.39 is 147 Å². The summed E-state index contributed by atoms with van der Waals surface area (Å²) < 4.78 is 74.2. The predicted octanol–water partition coefficient (Wildman–Crippen LogP) is 1.83. The van der Waals surface area contributed by atoms with Gasteiger partial charge in [-0.05, 0) is 107 Å². The van der Waals surface area contributed by atoms with E-state index in [1.165, 1.54) is 113 Å². The number of carbonyl (C=O) groups excluding carboxylic acids is 6. The Morgan fingerprint density at radius 2 is 0.873 bits per heavy atom. The molecule has 6 amide bonds. The van der Waals surface area contributed by atoms with Crippen molar-refractivity contribution in [2.45, 2.75) is 118 Å². The molecule has 2 saturated heterocycles. The van der Waals surface area contributed by atoms with Gasteiger partial charge < -0.3 is 138 Å². The van der Waals surface area contributed by atoms with E-state index in [0.29, 0.717) is 33.8 Å². The highest BCUT2D eigenvalue weighted by Gasteiger charge is 2.52. The van der Waals surface area contributed by atoms with Crippen LogP contribution in [0.5, 0.6) is 46.0 Å². The van der Waals surface area contributed by atoms with Gasteiger partial charge >= 0.3 is 24.1 Å². The minimum atomic E-state index is -2.06. The number of carbonyl (C=O) groups is 8. The molecule has 0 aromatic heterocycles. The Bertz CT molecular complexity index is 4780. The summed E-state index contributed by atoms with van der Waals surface area (Å²) in [5.74, 6) is -6.01. The van der Waals surface area contributed by atoms with E-state index in [4.69, 9.17) is 66.4 Å². The SMILES string of the molecule is CNOCCNC(=O)c1cc(COC(=O)N2c3cc(OCCCOc4cc5c(cc4OC)C(=O)N4C=C(c6ccc(OC)cc6)C[C@H]4C(O)N5C(=O)OCc4ccc(O[C@@H]5O[C@H](C(=O)O)[C@@H](O)[C@H](O)[C@H]5O)c(C(=O)NCCOC)c4)c(OC)cc3C(=O)N3C=C(c4ccc(OC)cc4)C[C@H]3C2O)ccc1O[C@@H]1O[C@H](C(=O)O)[C@@H](O)[C@H](O)[C@H]1O. The number of rotatable bonds is 31. The number of hydroxylamine groups is 1. The summed E-state index contributed by atoms with van der Waals surface area (Å²) in [6.07, 6.45) is -23.2. The van der Waals surface area contributed by atoms with Gasteiger partial charge in [0.2, 0.25) is 12.6 Å². The Morgan fingerprint density at radius 3 is 1.25 bits per heavy atom. The van der Waals surface area contributed by atoms with Crippen LogP contribution in [0.2, 0.25) is 0 Å². The molecule has 6 aromatic rings. The van der Waals surface area contributed by atoms with E-state index in [9.17, 15) is 75.0 Å². The third kappa shape index (κ3) is 18.1. The first-order valence-electron chi connectivity index (χ1n) is 36.8. The number of aliphatic hydroxyl groups excluding tert-OH is 8. The van der Waals surface area contributed by atoms with Gasteiger partial charge in [-0.15, -0.1) is 0 Å². The smallest absolute Gasteiger partial charge is 0.416 e. The second-order valence-corrected chi connectivity index (χ2v) is 27.4. The fourth-order valence-electron chi connectivity index (χ4n) is 14.0. The number of methoxy groups -OCH3 is 5. The predicted molar refractivity (Wildman–Crippen MR) is 404 cm³/mol. The maximum atomic E-state index is 15.0. The monoisotopic (exact) mass is 1650 g/mol. The standard InChI is InChI=1S/C79H87N7O32/c1-80-114-25-21-82-69(94)49-27-39(9-19-55(49)116-77-65(92)61(88)63(90)67(118-77)75(101)102)37-113-79(104)86-51-33-59(57(109-6)31-47(51)71(96)84-35-43(29-53(84)73(86)98)41-12-16-45(107-4)17-13-41)111-23-7-22-110-58-32-50-46(30-56(58)108-5)70(95)83-34-42(40-10-14-44(106-3)15-11-40)28-52(83)72(97)85(50)78(103)112-36-38-8-18-54(48(26-38)68(93)81-20-24-105-2)115-76-64(91)60(87)62(89)66(117-76)74(99)100/h8-19,26-27,30-35,52-53,60-67,72-73,76-77,80,87-92,97-98H,7,20-25,28-29,36-37H2,1-6H3,(H,81,93)(H,82,94)(H,99,100)(H,101,102)/t52-,53-,60-,61-,62-,63-,64+,65+,66-,67-,72?,73?,76+,77+/m0/s1. The number of ether oxygens (including phenoxy) is 13. The largest absolute Gasteiger partial charge is 0.497 e. The number of fused-ring (bicyclic) bond motifs is 4. The van der Waals surface area contributed by atoms with E-state index in [1.54, 1.807) is 60.9 Å². The summed E-state index contributed by atoms with van der Waals surface area (Å²) in [6, 6.07) is 24.4. The Hall–Kier alpha value is -12.0. The van der Waals surface area contributed by atoms with Crippen molar-refractivity contribution in [2.75, 3.05) is 91.9 Å². The maximum Gasteiger partial charge on any atom is 0.416 e. The van der Waals surface area contributed by atoms with Gasteiger partial charge in [-0.2, -0.15) is 0 Å². The first-order chi connectivity index (χ1) is 56.7. The number of nitrogens with one attached hydrogen (secondary N) is 3. The van der Waals surface area contributed by atoms with Crippen LogP contribution in [0.4, 0.5) is 21.0 Å². The van der Waals surface area contributed by atoms with Crippen LogP contribution in [0.25, 0.3) is 11.1 Å². The molecule has 6 aliphatic rings. The number of nitrogens with zero attached hydrogens (tertiary/aromatic N) is 4. The fraction of sp³-hybridized carbons (Fsp3) is 0.392. The van der Waals surface area contributed by atoms with E-state index in [2.05, 4.69) is 16.1 Å². The molecule has 2 fully saturated rings. The van der Waals surface area contributed by atoms with Gasteiger partial charge in [-0.25, -0.2) is 34.5 Å². The Kier molecular flexibility index (Phi) is 27.2. The molecule has 39 heteroatoms. The van der Waals surface area contributed by atoms with Crippen molar-refractivity contribution in [3.05, 3.63) is 166 Å². The van der Waals surface area contributed by atoms with Crippen molar-refractivity contribution in [1.29, 1.82) is 0 Å². The molecule has 2 unspecified atom stereocenters. The molecule has 12 rings (SSSR count). The molecule has 118 heavy (non-hydrogen) atoms. The number of hydrogen-bond acceptors (Lipinski definition) is 31. The normalized spacial score (nSPS) is 23.8. The van der Waals surface area contributed by atoms with Gasteiger partial charge in [-0.1, -0.05) is 36.4 Å². The molecule has 14 atom stereocenters. The molecule has 6 aliphatic heterocycles. The molecular formula is C79H87N7O32. The minimum Gasteiger partial charge on any atom is -0.497 e. The van der Waals surface area contributed by atoms with E-state index in [-0.39, 0.29) is 138 Å². The van der Waals surface area contributed by atoms with Crippen molar-refractivity contribution < 1.29 is 156 Å². The lowest BCUT2D eigenvalue weighted by atomic mass is 9.99. The van der Waals surface area contributed by atoms with Crippen LogP contribution in [0, 0.1) is 0 Å². The Balaban J connectivity index is 0.811. The molecule has 0 saturated carbocycles. The maximum absolute atomic E-state index is 15.0. The lowest BCUT2D eigenvalue weighted by molar-refractivity contribution is -0.271. The molecule has 39 nitrogen and oxygen atoms in total. The number of aliphatic carboxylic acids is 2. The third-order valence-corrected chi connectivity index (χ3v) is 20.2. The number of anilines is 2. The summed E-state index contributed by atoms with van der Waals surface area (Å²) in [6.45, 7) is -1.73. The van der Waals surface area contributed by atoms with Crippen molar-refractivity contribution in [3.63, 3.8) is 0 Å². The van der Waals surface area contributed by atoms with Crippen LogP contribution in [0.15, 0.2) is 122 Å². The van der Waals surface area contributed by atoms with Crippen LogP contribution < -0.4 is 63.8 Å². The number of benzene rings is 6. The lowest BCUT2D eigenvalue weighted by Gasteiger charge is -2.38. The highest BCUT2D eigenvalue weighted by atomic mass is 16.7. The topological polar surface area (TPSA) is 517 Å². The van der Waals surface area contributed by atoms with Gasteiger partial charge in [0.05, 0.1) is 101 Å². The summed E-state index contributed by atoms with van der Waals surface area (Å²) in [5.41, 5.74) is 3.97. The lowest BCUT2D eigenvalue weighted by Crippen LogP contribution is -2.61. The number of amides is 6. The molecule has 0 aliphatic carbocycles. The van der Waals surface area contributed by atoms with Gasteiger partial charge in [-0.3, -0.25) is 19.2 Å². The summed E-state index contributed by atoms with van der Waals surface area (Å²) in [7, 11) is 8.50. The summed E-state index contributed by atoms with van der Waals surface area (Å²) in [4.78, 5) is 121. The second kappa shape index (κ2) is 37.5. The van der Waals surface area contributed by atoms with Crippen LogP contribution >= 0.6 is 0 Å². The fourth-order valence-corrected chi connectivity index (χ4v) is 14.0. The zero-order chi connectivity index (χ0) is 84.5. The van der Waals surface area contributed by atoms with Crippen LogP contribution in [-0.4, -0.2) is 277 Å². The van der Waals surface area contributed by atoms with Gasteiger partial charge in [0.25, 0.3) is 23.6 Å². The minimum absolute atomic E-state index is 0.00869. The quantitative estimate of drug-likeness (QED) is 0.0218. The van der Waals surface area contributed by atoms with Gasteiger partial charge in [0.15, 0.2) is 47.7 Å². The van der Waals surface area contributed by atoms with Crippen molar-refractivity contribution in [1.82, 2.24) is 25.9 Å². The first kappa shape index (κ1) is 85.4. The van der Waals surface area contributed by atoms with Crippen LogP contribution in [0.3, 0.4) is 0 Å². The Labute approximate surface area is 671 Å². The molecule has 0 bridgehead atoms. The van der Waals surface area contributed by atoms with Crippen LogP contribution in [-0.2, 0) is 51.3 Å². The van der Waals surface area contributed by atoms with Gasteiger partial charge in [0.1, 0.15) is 72.8 Å². The van der Waals surface area contributed by atoms with Crippen molar-refractivity contribution in [3.8, 4) is 46.0 Å². The molecule has 6 aromatic carbocycles.